The fourth-order valence-electron chi connectivity index (χ4n) is 3.43. The Labute approximate surface area is 156 Å². The molecule has 0 saturated carbocycles. The lowest BCUT2D eigenvalue weighted by Gasteiger charge is -2.09. The van der Waals surface area contributed by atoms with Crippen molar-refractivity contribution in [3.63, 3.8) is 0 Å². The number of hydrogen-bond acceptors (Lipinski definition) is 2. The molecular formula is C24H28N2. The van der Waals surface area contributed by atoms with Gasteiger partial charge in [-0.3, -0.25) is 0 Å². The molecular weight excluding hydrogens is 316 g/mol. The van der Waals surface area contributed by atoms with Gasteiger partial charge < -0.3 is 11.5 Å². The minimum atomic E-state index is 0.840. The monoisotopic (exact) mass is 344 g/mol. The van der Waals surface area contributed by atoms with Crippen molar-refractivity contribution in [2.24, 2.45) is 0 Å². The van der Waals surface area contributed by atoms with Crippen LogP contribution >= 0.6 is 0 Å². The number of aryl methyl sites for hydroxylation is 6. The zero-order chi connectivity index (χ0) is 18.5. The van der Waals surface area contributed by atoms with Crippen LogP contribution in [0.4, 0.5) is 11.4 Å². The van der Waals surface area contributed by atoms with Gasteiger partial charge in [0.25, 0.3) is 0 Å². The quantitative estimate of drug-likeness (QED) is 0.616. The summed E-state index contributed by atoms with van der Waals surface area (Å²) < 4.78 is 0. The van der Waals surface area contributed by atoms with Crippen molar-refractivity contribution >= 4 is 11.4 Å². The van der Waals surface area contributed by atoms with E-state index in [2.05, 4.69) is 62.4 Å². The first-order valence-corrected chi connectivity index (χ1v) is 9.29. The standard InChI is InChI=1S/C24H28N2/c1-17-15-23(25)13-11-21(17)9-7-19-3-5-20(6-4-19)8-10-22-12-14-24(26)16-18(22)2/h3-6,11-16H,7-10,25-26H2,1-2H3. The van der Waals surface area contributed by atoms with Gasteiger partial charge in [-0.1, -0.05) is 36.4 Å². The predicted octanol–water partition coefficient (Wildman–Crippen LogP) is 5.04. The van der Waals surface area contributed by atoms with Gasteiger partial charge in [0, 0.05) is 11.4 Å². The highest BCUT2D eigenvalue weighted by Gasteiger charge is 2.03. The molecule has 0 fully saturated rings. The summed E-state index contributed by atoms with van der Waals surface area (Å²) in [5.41, 5.74) is 21.4. The summed E-state index contributed by atoms with van der Waals surface area (Å²) in [5.74, 6) is 0. The maximum atomic E-state index is 5.83. The SMILES string of the molecule is Cc1cc(N)ccc1CCc1ccc(CCc2ccc(N)cc2C)cc1. The fourth-order valence-corrected chi connectivity index (χ4v) is 3.43. The van der Waals surface area contributed by atoms with Crippen LogP contribution in [-0.2, 0) is 25.7 Å². The molecule has 0 aliphatic rings. The van der Waals surface area contributed by atoms with E-state index in [1.165, 1.54) is 33.4 Å². The van der Waals surface area contributed by atoms with Crippen LogP contribution in [0.2, 0.25) is 0 Å². The molecule has 0 spiro atoms. The van der Waals surface area contributed by atoms with Crippen LogP contribution in [-0.4, -0.2) is 0 Å². The molecule has 0 bridgehead atoms. The Morgan fingerprint density at radius 3 is 1.27 bits per heavy atom. The topological polar surface area (TPSA) is 52.0 Å². The minimum absolute atomic E-state index is 0.840. The Morgan fingerprint density at radius 1 is 0.538 bits per heavy atom. The second kappa shape index (κ2) is 8.09. The van der Waals surface area contributed by atoms with E-state index < -0.39 is 0 Å². The molecule has 0 aliphatic heterocycles. The van der Waals surface area contributed by atoms with Gasteiger partial charge in [-0.15, -0.1) is 0 Å². The molecule has 4 N–H and O–H groups in total. The van der Waals surface area contributed by atoms with Gasteiger partial charge in [-0.05, 0) is 97.2 Å². The van der Waals surface area contributed by atoms with E-state index >= 15 is 0 Å². The Balaban J connectivity index is 1.56. The van der Waals surface area contributed by atoms with E-state index in [4.69, 9.17) is 11.5 Å². The molecule has 2 heteroatoms. The Morgan fingerprint density at radius 2 is 0.923 bits per heavy atom. The summed E-state index contributed by atoms with van der Waals surface area (Å²) in [6, 6.07) is 21.4. The number of hydrogen-bond donors (Lipinski definition) is 2. The number of nitrogens with two attached hydrogens (primary N) is 2. The van der Waals surface area contributed by atoms with Crippen LogP contribution in [0.25, 0.3) is 0 Å². The molecule has 0 amide bonds. The summed E-state index contributed by atoms with van der Waals surface area (Å²) >= 11 is 0. The Hall–Kier alpha value is -2.74. The normalized spacial score (nSPS) is 10.8. The second-order valence-corrected chi connectivity index (χ2v) is 7.19. The number of anilines is 2. The van der Waals surface area contributed by atoms with Gasteiger partial charge in [0.15, 0.2) is 0 Å². The molecule has 0 aliphatic carbocycles. The van der Waals surface area contributed by atoms with E-state index in [0.717, 1.165) is 37.1 Å². The summed E-state index contributed by atoms with van der Waals surface area (Å²) in [5, 5.41) is 0. The third-order valence-electron chi connectivity index (χ3n) is 5.12. The van der Waals surface area contributed by atoms with E-state index in [-0.39, 0.29) is 0 Å². The number of benzene rings is 3. The maximum absolute atomic E-state index is 5.83. The van der Waals surface area contributed by atoms with Crippen LogP contribution in [0.1, 0.15) is 33.4 Å². The maximum Gasteiger partial charge on any atom is 0.0316 e. The summed E-state index contributed by atoms with van der Waals surface area (Å²) in [6.07, 6.45) is 4.22. The molecule has 3 aromatic rings. The smallest absolute Gasteiger partial charge is 0.0316 e. The molecule has 0 unspecified atom stereocenters. The van der Waals surface area contributed by atoms with Crippen LogP contribution in [0.5, 0.6) is 0 Å². The molecule has 3 rings (SSSR count). The lowest BCUT2D eigenvalue weighted by atomic mass is 9.97. The van der Waals surface area contributed by atoms with E-state index in [0.29, 0.717) is 0 Å². The summed E-state index contributed by atoms with van der Waals surface area (Å²) in [4.78, 5) is 0. The van der Waals surface area contributed by atoms with Gasteiger partial charge in [0.2, 0.25) is 0 Å². The van der Waals surface area contributed by atoms with Crippen LogP contribution in [0.3, 0.4) is 0 Å². The minimum Gasteiger partial charge on any atom is -0.399 e. The molecule has 0 aromatic heterocycles. The van der Waals surface area contributed by atoms with Crippen LogP contribution in [0, 0.1) is 13.8 Å². The first kappa shape index (κ1) is 18.1. The predicted molar refractivity (Wildman–Crippen MR) is 112 cm³/mol. The van der Waals surface area contributed by atoms with Crippen LogP contribution < -0.4 is 11.5 Å². The van der Waals surface area contributed by atoms with Crippen molar-refractivity contribution in [2.45, 2.75) is 39.5 Å². The van der Waals surface area contributed by atoms with E-state index in [1.807, 2.05) is 12.1 Å². The Bertz CT molecular complexity index is 805. The third kappa shape index (κ3) is 4.66. The second-order valence-electron chi connectivity index (χ2n) is 7.19. The first-order valence-electron chi connectivity index (χ1n) is 9.29. The van der Waals surface area contributed by atoms with E-state index in [9.17, 15) is 0 Å². The van der Waals surface area contributed by atoms with Crippen LogP contribution in [0.15, 0.2) is 60.7 Å². The average molecular weight is 345 g/mol. The Kier molecular flexibility index (Phi) is 5.62. The molecule has 0 radical (unpaired) electrons. The van der Waals surface area contributed by atoms with Crippen molar-refractivity contribution in [1.29, 1.82) is 0 Å². The zero-order valence-corrected chi connectivity index (χ0v) is 15.8. The van der Waals surface area contributed by atoms with E-state index in [1.54, 1.807) is 0 Å². The van der Waals surface area contributed by atoms with Crippen molar-refractivity contribution in [2.75, 3.05) is 11.5 Å². The molecule has 0 saturated heterocycles. The first-order chi connectivity index (χ1) is 12.5. The van der Waals surface area contributed by atoms with Crippen molar-refractivity contribution in [1.82, 2.24) is 0 Å². The fraction of sp³-hybridized carbons (Fsp3) is 0.250. The lowest BCUT2D eigenvalue weighted by molar-refractivity contribution is 0.931. The van der Waals surface area contributed by atoms with Gasteiger partial charge in [0.1, 0.15) is 0 Å². The zero-order valence-electron chi connectivity index (χ0n) is 15.8. The molecule has 134 valence electrons. The highest BCUT2D eigenvalue weighted by atomic mass is 14.5. The van der Waals surface area contributed by atoms with Gasteiger partial charge in [-0.25, -0.2) is 0 Å². The lowest BCUT2D eigenvalue weighted by Crippen LogP contribution is -1.98. The molecule has 2 nitrogen and oxygen atoms in total. The van der Waals surface area contributed by atoms with Crippen molar-refractivity contribution in [3.8, 4) is 0 Å². The highest BCUT2D eigenvalue weighted by molar-refractivity contribution is 5.45. The summed E-state index contributed by atoms with van der Waals surface area (Å²) in [6.45, 7) is 4.27. The average Bonchev–Trinajstić information content (AvgIpc) is 2.61. The molecule has 0 atom stereocenters. The molecule has 0 heterocycles. The van der Waals surface area contributed by atoms with Gasteiger partial charge in [0.05, 0.1) is 0 Å². The number of nitrogen functional groups attached to an aromatic ring is 2. The largest absolute Gasteiger partial charge is 0.399 e. The third-order valence-corrected chi connectivity index (χ3v) is 5.12. The van der Waals surface area contributed by atoms with Gasteiger partial charge >= 0.3 is 0 Å². The molecule has 26 heavy (non-hydrogen) atoms. The number of rotatable bonds is 6. The summed E-state index contributed by atoms with van der Waals surface area (Å²) in [7, 11) is 0. The van der Waals surface area contributed by atoms with Crippen molar-refractivity contribution < 1.29 is 0 Å². The van der Waals surface area contributed by atoms with Crippen molar-refractivity contribution in [3.05, 3.63) is 94.0 Å². The highest BCUT2D eigenvalue weighted by Crippen LogP contribution is 2.17. The molecule has 3 aromatic carbocycles. The van der Waals surface area contributed by atoms with Gasteiger partial charge in [-0.2, -0.15) is 0 Å².